The van der Waals surface area contributed by atoms with Crippen LogP contribution in [-0.4, -0.2) is 20.5 Å². The zero-order valence-electron chi connectivity index (χ0n) is 14.0. The van der Waals surface area contributed by atoms with Crippen LogP contribution in [0.4, 0.5) is 10.1 Å². The Bertz CT molecular complexity index is 1210. The van der Waals surface area contributed by atoms with E-state index in [1.54, 1.807) is 40.9 Å². The first kappa shape index (κ1) is 18.7. The molecule has 1 amide bonds. The van der Waals surface area contributed by atoms with Crippen molar-refractivity contribution in [2.75, 3.05) is 5.32 Å². The molecule has 0 saturated carbocycles. The molecule has 0 aliphatic rings. The second-order valence-electron chi connectivity index (χ2n) is 5.82. The molecule has 140 valence electrons. The number of carbonyl (C=O) groups is 1. The van der Waals surface area contributed by atoms with Crippen molar-refractivity contribution in [1.29, 1.82) is 0 Å². The fraction of sp³-hybridized carbons (Fsp3) is 0. The van der Waals surface area contributed by atoms with Crippen LogP contribution in [-0.2, 0) is 0 Å². The number of pyridine rings is 1. The van der Waals surface area contributed by atoms with E-state index in [4.69, 9.17) is 34.8 Å². The van der Waals surface area contributed by atoms with Crippen LogP contribution >= 0.6 is 34.8 Å². The maximum atomic E-state index is 14.0. The number of fused-ring (bicyclic) bond motifs is 1. The molecular weight excluding hydrogens is 426 g/mol. The van der Waals surface area contributed by atoms with Crippen LogP contribution in [0, 0.1) is 5.82 Å². The molecule has 0 spiro atoms. The third kappa shape index (κ3) is 3.30. The molecule has 0 atom stereocenters. The summed E-state index contributed by atoms with van der Waals surface area (Å²) in [6, 6.07) is 12.3. The number of hydrogen-bond acceptors (Lipinski definition) is 3. The second kappa shape index (κ2) is 7.39. The summed E-state index contributed by atoms with van der Waals surface area (Å²) in [5.41, 5.74) is 1.15. The summed E-state index contributed by atoms with van der Waals surface area (Å²) >= 11 is 18.4. The second-order valence-corrected chi connectivity index (χ2v) is 7.04. The van der Waals surface area contributed by atoms with E-state index >= 15 is 0 Å². The first-order valence-corrected chi connectivity index (χ1v) is 9.13. The maximum absolute atomic E-state index is 14.0. The van der Waals surface area contributed by atoms with Gasteiger partial charge in [-0.15, -0.1) is 10.2 Å². The van der Waals surface area contributed by atoms with E-state index in [0.717, 1.165) is 0 Å². The van der Waals surface area contributed by atoms with E-state index < -0.39 is 11.7 Å². The lowest BCUT2D eigenvalue weighted by molar-refractivity contribution is 0.102. The molecule has 2 heterocycles. The van der Waals surface area contributed by atoms with Gasteiger partial charge in [0.05, 0.1) is 20.6 Å². The number of hydrogen-bond donors (Lipinski definition) is 1. The number of nitrogens with zero attached hydrogens (tertiary/aromatic N) is 3. The van der Waals surface area contributed by atoms with E-state index in [1.165, 1.54) is 18.2 Å². The number of amides is 1. The quantitative estimate of drug-likeness (QED) is 0.446. The van der Waals surface area contributed by atoms with Gasteiger partial charge in [0, 0.05) is 17.4 Å². The van der Waals surface area contributed by atoms with Crippen LogP contribution < -0.4 is 5.32 Å². The van der Waals surface area contributed by atoms with E-state index in [0.29, 0.717) is 32.8 Å². The van der Waals surface area contributed by atoms with Gasteiger partial charge >= 0.3 is 0 Å². The number of anilines is 1. The van der Waals surface area contributed by atoms with Crippen molar-refractivity contribution in [3.8, 4) is 11.4 Å². The Morgan fingerprint density at radius 3 is 2.54 bits per heavy atom. The van der Waals surface area contributed by atoms with E-state index in [2.05, 4.69) is 15.5 Å². The lowest BCUT2D eigenvalue weighted by atomic mass is 10.1. The average molecular weight is 436 g/mol. The first-order valence-electron chi connectivity index (χ1n) is 8.00. The van der Waals surface area contributed by atoms with Crippen LogP contribution in [0.2, 0.25) is 15.1 Å². The fourth-order valence-corrected chi connectivity index (χ4v) is 3.40. The van der Waals surface area contributed by atoms with Gasteiger partial charge in [0.2, 0.25) is 0 Å². The minimum absolute atomic E-state index is 0.0183. The number of aromatic nitrogens is 3. The standard InChI is InChI=1S/C19H10Cl3FN4O/c20-12-7-6-10(24-19(28)16-13(21)3-1-5-15(16)23)9-11(12)17-25-26-18-14(22)4-2-8-27(17)18/h1-9H,(H,24,28). The van der Waals surface area contributed by atoms with Crippen molar-refractivity contribution in [2.45, 2.75) is 0 Å². The summed E-state index contributed by atoms with van der Waals surface area (Å²) in [6.45, 7) is 0. The lowest BCUT2D eigenvalue weighted by Crippen LogP contribution is -2.14. The van der Waals surface area contributed by atoms with Crippen molar-refractivity contribution in [3.63, 3.8) is 0 Å². The van der Waals surface area contributed by atoms with Gasteiger partial charge in [-0.1, -0.05) is 40.9 Å². The van der Waals surface area contributed by atoms with E-state index in [1.807, 2.05) is 0 Å². The Balaban J connectivity index is 1.73. The van der Waals surface area contributed by atoms with Crippen molar-refractivity contribution < 1.29 is 9.18 Å². The Kier molecular flexibility index (Phi) is 4.93. The summed E-state index contributed by atoms with van der Waals surface area (Å²) in [5.74, 6) is -0.940. The van der Waals surface area contributed by atoms with Gasteiger partial charge in [0.1, 0.15) is 5.82 Å². The van der Waals surface area contributed by atoms with Gasteiger partial charge in [-0.2, -0.15) is 0 Å². The summed E-state index contributed by atoms with van der Waals surface area (Å²) in [5, 5.41) is 11.7. The molecule has 0 aliphatic carbocycles. The van der Waals surface area contributed by atoms with Gasteiger partial charge < -0.3 is 5.32 Å². The van der Waals surface area contributed by atoms with Crippen LogP contribution in [0.15, 0.2) is 54.7 Å². The highest BCUT2D eigenvalue weighted by molar-refractivity contribution is 6.35. The number of rotatable bonds is 3. The Labute approximate surface area is 173 Å². The lowest BCUT2D eigenvalue weighted by Gasteiger charge is -2.10. The largest absolute Gasteiger partial charge is 0.322 e. The summed E-state index contributed by atoms with van der Waals surface area (Å²) in [4.78, 5) is 12.5. The van der Waals surface area contributed by atoms with E-state index in [9.17, 15) is 9.18 Å². The topological polar surface area (TPSA) is 59.3 Å². The Hall–Kier alpha value is -2.67. The third-order valence-corrected chi connectivity index (χ3v) is 4.98. The highest BCUT2D eigenvalue weighted by atomic mass is 35.5. The van der Waals surface area contributed by atoms with Crippen LogP contribution in [0.3, 0.4) is 0 Å². The normalized spacial score (nSPS) is 11.0. The molecule has 9 heteroatoms. The molecule has 0 bridgehead atoms. The highest BCUT2D eigenvalue weighted by Crippen LogP contribution is 2.31. The molecule has 0 aliphatic heterocycles. The number of halogens is 4. The predicted molar refractivity (Wildman–Crippen MR) is 108 cm³/mol. The molecule has 0 unspecified atom stereocenters. The zero-order chi connectivity index (χ0) is 19.8. The molecule has 0 saturated heterocycles. The van der Waals surface area contributed by atoms with Crippen molar-refractivity contribution >= 4 is 52.0 Å². The third-order valence-electron chi connectivity index (χ3n) is 4.04. The van der Waals surface area contributed by atoms with E-state index in [-0.39, 0.29) is 10.6 Å². The van der Waals surface area contributed by atoms with Gasteiger partial charge in [-0.25, -0.2) is 4.39 Å². The fourth-order valence-electron chi connectivity index (χ4n) is 2.75. The smallest absolute Gasteiger partial charge is 0.260 e. The molecule has 0 fully saturated rings. The minimum Gasteiger partial charge on any atom is -0.322 e. The van der Waals surface area contributed by atoms with Gasteiger partial charge in [-0.05, 0) is 42.5 Å². The van der Waals surface area contributed by atoms with Gasteiger partial charge in [0.15, 0.2) is 11.5 Å². The van der Waals surface area contributed by atoms with Gasteiger partial charge in [0.25, 0.3) is 5.91 Å². The molecule has 1 N–H and O–H groups in total. The van der Waals surface area contributed by atoms with Crippen LogP contribution in [0.25, 0.3) is 17.0 Å². The highest BCUT2D eigenvalue weighted by Gasteiger charge is 2.18. The molecule has 4 aromatic rings. The Morgan fingerprint density at radius 1 is 0.964 bits per heavy atom. The molecule has 2 aromatic carbocycles. The first-order chi connectivity index (χ1) is 13.5. The molecule has 5 nitrogen and oxygen atoms in total. The zero-order valence-corrected chi connectivity index (χ0v) is 16.2. The Morgan fingerprint density at radius 2 is 1.75 bits per heavy atom. The summed E-state index contributed by atoms with van der Waals surface area (Å²) in [7, 11) is 0. The van der Waals surface area contributed by atoms with Crippen LogP contribution in [0.1, 0.15) is 10.4 Å². The minimum atomic E-state index is -0.711. The SMILES string of the molecule is O=C(Nc1ccc(Cl)c(-c2nnc3c(Cl)cccn23)c1)c1c(F)cccc1Cl. The van der Waals surface area contributed by atoms with Crippen molar-refractivity contribution in [3.05, 3.63) is 81.2 Å². The number of nitrogens with one attached hydrogen (secondary N) is 1. The maximum Gasteiger partial charge on any atom is 0.260 e. The molecule has 4 rings (SSSR count). The summed E-state index contributed by atoms with van der Waals surface area (Å²) in [6.07, 6.45) is 1.75. The monoisotopic (exact) mass is 434 g/mol. The molecule has 2 aromatic heterocycles. The predicted octanol–water partition coefficient (Wildman–Crippen LogP) is 5.75. The average Bonchev–Trinajstić information content (AvgIpc) is 3.08. The van der Waals surface area contributed by atoms with Crippen molar-refractivity contribution in [1.82, 2.24) is 14.6 Å². The molecular formula is C19H10Cl3FN4O. The molecule has 0 radical (unpaired) electrons. The van der Waals surface area contributed by atoms with Gasteiger partial charge in [-0.3, -0.25) is 9.20 Å². The summed E-state index contributed by atoms with van der Waals surface area (Å²) < 4.78 is 15.7. The van der Waals surface area contributed by atoms with Crippen LogP contribution in [0.5, 0.6) is 0 Å². The molecule has 28 heavy (non-hydrogen) atoms. The number of carbonyl (C=O) groups excluding carboxylic acids is 1. The van der Waals surface area contributed by atoms with Crippen molar-refractivity contribution in [2.24, 2.45) is 0 Å². The number of benzene rings is 2.